The van der Waals surface area contributed by atoms with Crippen molar-refractivity contribution in [2.45, 2.75) is 58.4 Å². The van der Waals surface area contributed by atoms with Gasteiger partial charge in [-0.15, -0.1) is 0 Å². The number of rotatable bonds is 5. The molecule has 0 radical (unpaired) electrons. The van der Waals surface area contributed by atoms with E-state index in [0.717, 1.165) is 12.3 Å². The lowest BCUT2D eigenvalue weighted by molar-refractivity contribution is 0.435. The Morgan fingerprint density at radius 2 is 2.00 bits per heavy atom. The van der Waals surface area contributed by atoms with E-state index in [1.807, 2.05) is 0 Å². The van der Waals surface area contributed by atoms with Crippen LogP contribution in [0.15, 0.2) is 24.3 Å². The van der Waals surface area contributed by atoms with Gasteiger partial charge in [0.15, 0.2) is 0 Å². The monoisotopic (exact) mass is 274 g/mol. The molecule has 1 unspecified atom stereocenters. The molecular formula is C18H30N2. The molecule has 0 saturated carbocycles. The average Bonchev–Trinajstić information content (AvgIpc) is 2.72. The molecule has 20 heavy (non-hydrogen) atoms. The fraction of sp³-hybridized carbons (Fsp3) is 0.667. The molecule has 2 atom stereocenters. The summed E-state index contributed by atoms with van der Waals surface area (Å²) in [6, 6.07) is 8.89. The van der Waals surface area contributed by atoms with Crippen molar-refractivity contribution in [3.63, 3.8) is 0 Å². The van der Waals surface area contributed by atoms with E-state index < -0.39 is 0 Å². The molecule has 1 aliphatic heterocycles. The van der Waals surface area contributed by atoms with Crippen LogP contribution in [-0.4, -0.2) is 13.1 Å². The van der Waals surface area contributed by atoms with Crippen molar-refractivity contribution in [1.82, 2.24) is 0 Å². The van der Waals surface area contributed by atoms with Crippen molar-refractivity contribution in [1.29, 1.82) is 0 Å². The maximum atomic E-state index is 6.29. The summed E-state index contributed by atoms with van der Waals surface area (Å²) < 4.78 is 0. The second-order valence-corrected chi connectivity index (χ2v) is 6.15. The minimum absolute atomic E-state index is 0.167. The van der Waals surface area contributed by atoms with Gasteiger partial charge in [-0.05, 0) is 43.2 Å². The van der Waals surface area contributed by atoms with Gasteiger partial charge in [0.05, 0.1) is 0 Å². The Balaban J connectivity index is 2.11. The van der Waals surface area contributed by atoms with E-state index >= 15 is 0 Å². The molecule has 1 fully saturated rings. The third kappa shape index (κ3) is 3.76. The number of para-hydroxylation sites is 1. The first kappa shape index (κ1) is 15.4. The van der Waals surface area contributed by atoms with Gasteiger partial charge in [0.25, 0.3) is 0 Å². The minimum Gasteiger partial charge on any atom is -0.371 e. The Bertz CT molecular complexity index is 402. The molecule has 1 saturated heterocycles. The molecule has 0 amide bonds. The normalized spacial score (nSPS) is 21.6. The summed E-state index contributed by atoms with van der Waals surface area (Å²) in [6.07, 6.45) is 7.77. The van der Waals surface area contributed by atoms with Gasteiger partial charge < -0.3 is 10.6 Å². The zero-order valence-electron chi connectivity index (χ0n) is 13.1. The van der Waals surface area contributed by atoms with Crippen LogP contribution in [0.2, 0.25) is 0 Å². The number of benzene rings is 1. The van der Waals surface area contributed by atoms with E-state index in [1.165, 1.54) is 56.4 Å². The van der Waals surface area contributed by atoms with Gasteiger partial charge in [-0.3, -0.25) is 0 Å². The van der Waals surface area contributed by atoms with Crippen LogP contribution in [0.1, 0.15) is 64.0 Å². The summed E-state index contributed by atoms with van der Waals surface area (Å²) in [6.45, 7) is 6.85. The molecule has 0 aromatic heterocycles. The number of nitrogens with two attached hydrogens (primary N) is 1. The molecule has 2 nitrogen and oxygen atoms in total. The van der Waals surface area contributed by atoms with E-state index in [0.29, 0.717) is 0 Å². The summed E-state index contributed by atoms with van der Waals surface area (Å²) in [5, 5.41) is 0. The van der Waals surface area contributed by atoms with E-state index in [-0.39, 0.29) is 6.04 Å². The van der Waals surface area contributed by atoms with Crippen LogP contribution in [0.3, 0.4) is 0 Å². The SMILES string of the molecule is CCCC1CCCN(c2ccccc2[C@@H](N)CC)CC1. The van der Waals surface area contributed by atoms with Crippen LogP contribution in [0.25, 0.3) is 0 Å². The molecular weight excluding hydrogens is 244 g/mol. The van der Waals surface area contributed by atoms with Gasteiger partial charge in [-0.2, -0.15) is 0 Å². The molecule has 112 valence electrons. The quantitative estimate of drug-likeness (QED) is 0.856. The first-order chi connectivity index (χ1) is 9.76. The van der Waals surface area contributed by atoms with Crippen molar-refractivity contribution in [3.8, 4) is 0 Å². The number of hydrogen-bond acceptors (Lipinski definition) is 2. The Kier molecular flexibility index (Phi) is 5.90. The Hall–Kier alpha value is -1.02. The first-order valence-electron chi connectivity index (χ1n) is 8.35. The van der Waals surface area contributed by atoms with Crippen LogP contribution in [0, 0.1) is 5.92 Å². The van der Waals surface area contributed by atoms with Crippen molar-refractivity contribution in [2.75, 3.05) is 18.0 Å². The molecule has 1 aromatic carbocycles. The molecule has 2 heteroatoms. The third-order valence-electron chi connectivity index (χ3n) is 4.66. The topological polar surface area (TPSA) is 29.3 Å². The van der Waals surface area contributed by atoms with Gasteiger partial charge in [-0.25, -0.2) is 0 Å². The van der Waals surface area contributed by atoms with Crippen LogP contribution in [0.4, 0.5) is 5.69 Å². The molecule has 2 rings (SSSR count). The standard InChI is InChI=1S/C18H30N2/c1-3-8-15-9-7-13-20(14-12-15)18-11-6-5-10-16(18)17(19)4-2/h5-6,10-11,15,17H,3-4,7-9,12-14,19H2,1-2H3/t15?,17-/m0/s1. The van der Waals surface area contributed by atoms with Crippen molar-refractivity contribution in [2.24, 2.45) is 11.7 Å². The molecule has 0 aliphatic carbocycles. The number of nitrogens with zero attached hydrogens (tertiary/aromatic N) is 1. The molecule has 1 aliphatic rings. The van der Waals surface area contributed by atoms with Crippen molar-refractivity contribution < 1.29 is 0 Å². The third-order valence-corrected chi connectivity index (χ3v) is 4.66. The van der Waals surface area contributed by atoms with Gasteiger partial charge in [0, 0.05) is 24.8 Å². The van der Waals surface area contributed by atoms with E-state index in [9.17, 15) is 0 Å². The molecule has 1 aromatic rings. The van der Waals surface area contributed by atoms with E-state index in [4.69, 9.17) is 5.73 Å². The maximum Gasteiger partial charge on any atom is 0.0414 e. The fourth-order valence-electron chi connectivity index (χ4n) is 3.41. The molecule has 1 heterocycles. The number of anilines is 1. The maximum absolute atomic E-state index is 6.29. The largest absolute Gasteiger partial charge is 0.371 e. The number of hydrogen-bond donors (Lipinski definition) is 1. The summed E-state index contributed by atoms with van der Waals surface area (Å²) in [7, 11) is 0. The summed E-state index contributed by atoms with van der Waals surface area (Å²) >= 11 is 0. The lowest BCUT2D eigenvalue weighted by Crippen LogP contribution is -2.26. The second-order valence-electron chi connectivity index (χ2n) is 6.15. The molecule has 0 spiro atoms. The fourth-order valence-corrected chi connectivity index (χ4v) is 3.41. The molecule has 0 bridgehead atoms. The first-order valence-corrected chi connectivity index (χ1v) is 8.35. The van der Waals surface area contributed by atoms with Crippen LogP contribution in [-0.2, 0) is 0 Å². The highest BCUT2D eigenvalue weighted by molar-refractivity contribution is 5.55. The Morgan fingerprint density at radius 3 is 2.75 bits per heavy atom. The zero-order valence-corrected chi connectivity index (χ0v) is 13.1. The average molecular weight is 274 g/mol. The predicted octanol–water partition coefficient (Wildman–Crippen LogP) is 4.50. The zero-order chi connectivity index (χ0) is 14.4. The van der Waals surface area contributed by atoms with Crippen LogP contribution < -0.4 is 10.6 Å². The smallest absolute Gasteiger partial charge is 0.0414 e. The minimum atomic E-state index is 0.167. The summed E-state index contributed by atoms with van der Waals surface area (Å²) in [5.41, 5.74) is 8.99. The predicted molar refractivity (Wildman–Crippen MR) is 88.1 cm³/mol. The lowest BCUT2D eigenvalue weighted by atomic mass is 9.96. The lowest BCUT2D eigenvalue weighted by Gasteiger charge is -2.27. The van der Waals surface area contributed by atoms with Gasteiger partial charge in [-0.1, -0.05) is 44.9 Å². The summed E-state index contributed by atoms with van der Waals surface area (Å²) in [5.74, 6) is 0.928. The van der Waals surface area contributed by atoms with Crippen molar-refractivity contribution in [3.05, 3.63) is 29.8 Å². The Morgan fingerprint density at radius 1 is 1.20 bits per heavy atom. The van der Waals surface area contributed by atoms with E-state index in [2.05, 4.69) is 43.0 Å². The van der Waals surface area contributed by atoms with Crippen LogP contribution in [0.5, 0.6) is 0 Å². The highest BCUT2D eigenvalue weighted by Crippen LogP contribution is 2.30. The highest BCUT2D eigenvalue weighted by atomic mass is 15.1. The molecule has 2 N–H and O–H groups in total. The van der Waals surface area contributed by atoms with Gasteiger partial charge in [0.2, 0.25) is 0 Å². The highest BCUT2D eigenvalue weighted by Gasteiger charge is 2.19. The van der Waals surface area contributed by atoms with E-state index in [1.54, 1.807) is 0 Å². The second kappa shape index (κ2) is 7.68. The van der Waals surface area contributed by atoms with Gasteiger partial charge in [0.1, 0.15) is 0 Å². The van der Waals surface area contributed by atoms with Gasteiger partial charge >= 0.3 is 0 Å². The Labute approximate surface area is 124 Å². The van der Waals surface area contributed by atoms with Crippen LogP contribution >= 0.6 is 0 Å². The summed E-state index contributed by atoms with van der Waals surface area (Å²) in [4.78, 5) is 2.57. The van der Waals surface area contributed by atoms with Crippen molar-refractivity contribution >= 4 is 5.69 Å².